The molecule has 3 nitrogen and oxygen atoms in total. The average Bonchev–Trinajstić information content (AvgIpc) is 2.31. The van der Waals surface area contributed by atoms with Crippen molar-refractivity contribution in [3.05, 3.63) is 11.8 Å². The van der Waals surface area contributed by atoms with Crippen LogP contribution in [-0.2, 0) is 9.47 Å². The molecule has 2 atom stereocenters. The maximum atomic E-state index is 9.95. The number of rotatable bonds is 3. The monoisotopic (exact) mass is 212 g/mol. The number of aliphatic hydroxyl groups excluding tert-OH is 1. The molecule has 3 heteroatoms. The first-order valence-electron chi connectivity index (χ1n) is 5.99. The predicted octanol–water partition coefficient (Wildman–Crippen LogP) is 2.00. The standard InChI is InChI=1S/C12H20O3/c13-11(12-6-2-4-8-15-12)9-10-5-1-3-7-14-10/h6,10-11,13H,1-5,7-9H2. The van der Waals surface area contributed by atoms with Crippen LogP contribution in [0.3, 0.4) is 0 Å². The van der Waals surface area contributed by atoms with Crippen LogP contribution in [-0.4, -0.2) is 30.5 Å². The topological polar surface area (TPSA) is 38.7 Å². The van der Waals surface area contributed by atoms with Gasteiger partial charge in [-0.1, -0.05) is 0 Å². The largest absolute Gasteiger partial charge is 0.496 e. The lowest BCUT2D eigenvalue weighted by molar-refractivity contribution is -0.0204. The molecule has 2 unspecified atom stereocenters. The van der Waals surface area contributed by atoms with Gasteiger partial charge < -0.3 is 14.6 Å². The molecule has 1 saturated heterocycles. The molecular formula is C12H20O3. The summed E-state index contributed by atoms with van der Waals surface area (Å²) in [5.41, 5.74) is 0. The van der Waals surface area contributed by atoms with Gasteiger partial charge in [-0.15, -0.1) is 0 Å². The van der Waals surface area contributed by atoms with Crippen LogP contribution in [0.1, 0.15) is 38.5 Å². The van der Waals surface area contributed by atoms with Crippen molar-refractivity contribution in [3.8, 4) is 0 Å². The van der Waals surface area contributed by atoms with Gasteiger partial charge in [-0.3, -0.25) is 0 Å². The van der Waals surface area contributed by atoms with Crippen molar-refractivity contribution in [2.75, 3.05) is 13.2 Å². The van der Waals surface area contributed by atoms with Crippen LogP contribution in [0.5, 0.6) is 0 Å². The van der Waals surface area contributed by atoms with Gasteiger partial charge in [0, 0.05) is 13.0 Å². The van der Waals surface area contributed by atoms with E-state index in [0.29, 0.717) is 6.42 Å². The molecule has 0 aromatic carbocycles. The number of hydrogen-bond acceptors (Lipinski definition) is 3. The fourth-order valence-corrected chi connectivity index (χ4v) is 2.17. The summed E-state index contributed by atoms with van der Waals surface area (Å²) in [6.07, 6.45) is 8.00. The summed E-state index contributed by atoms with van der Waals surface area (Å²) in [5, 5.41) is 9.95. The van der Waals surface area contributed by atoms with Gasteiger partial charge in [0.05, 0.1) is 12.7 Å². The van der Waals surface area contributed by atoms with Gasteiger partial charge in [0.15, 0.2) is 0 Å². The van der Waals surface area contributed by atoms with E-state index in [2.05, 4.69) is 0 Å². The van der Waals surface area contributed by atoms with Crippen molar-refractivity contribution in [1.29, 1.82) is 0 Å². The molecular weight excluding hydrogens is 192 g/mol. The van der Waals surface area contributed by atoms with Crippen molar-refractivity contribution in [1.82, 2.24) is 0 Å². The molecule has 0 amide bonds. The Balaban J connectivity index is 1.79. The molecule has 2 aliphatic heterocycles. The van der Waals surface area contributed by atoms with Crippen LogP contribution >= 0.6 is 0 Å². The minimum absolute atomic E-state index is 0.222. The second-order valence-electron chi connectivity index (χ2n) is 4.34. The summed E-state index contributed by atoms with van der Waals surface area (Å²) in [5.74, 6) is 0.760. The van der Waals surface area contributed by atoms with E-state index in [1.165, 1.54) is 6.42 Å². The SMILES string of the molecule is OC(CC1CCCCO1)C1=CCCCO1. The summed E-state index contributed by atoms with van der Waals surface area (Å²) in [6, 6.07) is 0. The van der Waals surface area contributed by atoms with Gasteiger partial charge in [0.1, 0.15) is 11.9 Å². The van der Waals surface area contributed by atoms with Crippen LogP contribution in [0, 0.1) is 0 Å². The molecule has 0 spiro atoms. The lowest BCUT2D eigenvalue weighted by Gasteiger charge is -2.26. The van der Waals surface area contributed by atoms with E-state index in [0.717, 1.165) is 44.7 Å². The third-order valence-electron chi connectivity index (χ3n) is 3.05. The van der Waals surface area contributed by atoms with Crippen molar-refractivity contribution in [2.45, 2.75) is 50.7 Å². The second kappa shape index (κ2) is 5.52. The minimum atomic E-state index is -0.464. The molecule has 86 valence electrons. The van der Waals surface area contributed by atoms with E-state index >= 15 is 0 Å². The summed E-state index contributed by atoms with van der Waals surface area (Å²) in [4.78, 5) is 0. The number of aliphatic hydroxyl groups is 1. The molecule has 2 aliphatic rings. The Morgan fingerprint density at radius 2 is 2.27 bits per heavy atom. The van der Waals surface area contributed by atoms with Crippen molar-refractivity contribution >= 4 is 0 Å². The molecule has 0 aromatic rings. The van der Waals surface area contributed by atoms with E-state index in [1.54, 1.807) is 0 Å². The molecule has 0 aromatic heterocycles. The first-order valence-corrected chi connectivity index (χ1v) is 5.99. The van der Waals surface area contributed by atoms with Gasteiger partial charge >= 0.3 is 0 Å². The van der Waals surface area contributed by atoms with Gasteiger partial charge in [-0.05, 0) is 38.2 Å². The first-order chi connectivity index (χ1) is 7.36. The number of hydrogen-bond donors (Lipinski definition) is 1. The maximum Gasteiger partial charge on any atom is 0.121 e. The minimum Gasteiger partial charge on any atom is -0.496 e. The van der Waals surface area contributed by atoms with Crippen LogP contribution in [0.4, 0.5) is 0 Å². The number of ether oxygens (including phenoxy) is 2. The molecule has 1 fully saturated rings. The molecule has 15 heavy (non-hydrogen) atoms. The molecule has 0 radical (unpaired) electrons. The van der Waals surface area contributed by atoms with Gasteiger partial charge in [-0.25, -0.2) is 0 Å². The summed E-state index contributed by atoms with van der Waals surface area (Å²) >= 11 is 0. The molecule has 2 heterocycles. The molecule has 2 rings (SSSR count). The first kappa shape index (κ1) is 11.0. The Morgan fingerprint density at radius 1 is 1.33 bits per heavy atom. The summed E-state index contributed by atoms with van der Waals surface area (Å²) in [7, 11) is 0. The van der Waals surface area contributed by atoms with E-state index < -0.39 is 6.10 Å². The quantitative estimate of drug-likeness (QED) is 0.777. The zero-order valence-electron chi connectivity index (χ0n) is 9.15. The highest BCUT2D eigenvalue weighted by molar-refractivity contribution is 5.02. The van der Waals surface area contributed by atoms with Gasteiger partial charge in [0.25, 0.3) is 0 Å². The maximum absolute atomic E-state index is 9.95. The third kappa shape index (κ3) is 3.21. The lowest BCUT2D eigenvalue weighted by atomic mass is 10.0. The molecule has 0 bridgehead atoms. The van der Waals surface area contributed by atoms with E-state index in [-0.39, 0.29) is 6.10 Å². The molecule has 0 aliphatic carbocycles. The van der Waals surface area contributed by atoms with E-state index in [4.69, 9.17) is 9.47 Å². The molecule has 0 saturated carbocycles. The zero-order chi connectivity index (χ0) is 10.5. The van der Waals surface area contributed by atoms with Crippen molar-refractivity contribution in [2.24, 2.45) is 0 Å². The summed E-state index contributed by atoms with van der Waals surface area (Å²) < 4.78 is 11.0. The van der Waals surface area contributed by atoms with E-state index in [9.17, 15) is 5.11 Å². The normalized spacial score (nSPS) is 29.1. The van der Waals surface area contributed by atoms with Crippen LogP contribution in [0.2, 0.25) is 0 Å². The zero-order valence-corrected chi connectivity index (χ0v) is 9.15. The Bertz CT molecular complexity index is 219. The van der Waals surface area contributed by atoms with E-state index in [1.807, 2.05) is 6.08 Å². The second-order valence-corrected chi connectivity index (χ2v) is 4.34. The highest BCUT2D eigenvalue weighted by atomic mass is 16.5. The molecule has 1 N–H and O–H groups in total. The van der Waals surface area contributed by atoms with Crippen LogP contribution in [0.25, 0.3) is 0 Å². The highest BCUT2D eigenvalue weighted by Crippen LogP contribution is 2.22. The Labute approximate surface area is 91.1 Å². The fraction of sp³-hybridized carbons (Fsp3) is 0.833. The third-order valence-corrected chi connectivity index (χ3v) is 3.05. The Hall–Kier alpha value is -0.540. The van der Waals surface area contributed by atoms with Crippen molar-refractivity contribution in [3.63, 3.8) is 0 Å². The van der Waals surface area contributed by atoms with Crippen molar-refractivity contribution < 1.29 is 14.6 Å². The lowest BCUT2D eigenvalue weighted by Crippen LogP contribution is -2.27. The smallest absolute Gasteiger partial charge is 0.121 e. The van der Waals surface area contributed by atoms with Crippen LogP contribution < -0.4 is 0 Å². The Kier molecular flexibility index (Phi) is 4.03. The Morgan fingerprint density at radius 3 is 2.93 bits per heavy atom. The predicted molar refractivity (Wildman–Crippen MR) is 57.5 cm³/mol. The van der Waals surface area contributed by atoms with Gasteiger partial charge in [0.2, 0.25) is 0 Å². The van der Waals surface area contributed by atoms with Crippen LogP contribution in [0.15, 0.2) is 11.8 Å². The highest BCUT2D eigenvalue weighted by Gasteiger charge is 2.22. The summed E-state index contributed by atoms with van der Waals surface area (Å²) in [6.45, 7) is 1.59. The average molecular weight is 212 g/mol. The fourth-order valence-electron chi connectivity index (χ4n) is 2.17. The van der Waals surface area contributed by atoms with Gasteiger partial charge in [-0.2, -0.15) is 0 Å². The number of allylic oxidation sites excluding steroid dienone is 1.